The molecule has 0 aliphatic carbocycles. The van der Waals surface area contributed by atoms with Crippen LogP contribution in [0.4, 0.5) is 0 Å². The van der Waals surface area contributed by atoms with E-state index in [2.05, 4.69) is 4.72 Å². The van der Waals surface area contributed by atoms with Crippen LogP contribution in [0.5, 0.6) is 11.5 Å². The lowest BCUT2D eigenvalue weighted by molar-refractivity contribution is 0.254. The van der Waals surface area contributed by atoms with Crippen LogP contribution in [-0.2, 0) is 23.2 Å². The van der Waals surface area contributed by atoms with Crippen LogP contribution in [0.15, 0.2) is 12.1 Å². The van der Waals surface area contributed by atoms with E-state index in [0.29, 0.717) is 25.4 Å². The van der Waals surface area contributed by atoms with Crippen molar-refractivity contribution in [1.82, 2.24) is 9.03 Å². The van der Waals surface area contributed by atoms with Crippen LogP contribution >= 0.6 is 0 Å². The number of fused-ring (bicyclic) bond motifs is 1. The molecule has 7 heteroatoms. The van der Waals surface area contributed by atoms with Crippen LogP contribution in [-0.4, -0.2) is 38.5 Å². The van der Waals surface area contributed by atoms with E-state index in [-0.39, 0.29) is 12.6 Å². The van der Waals surface area contributed by atoms with Crippen LogP contribution in [0, 0.1) is 0 Å². The summed E-state index contributed by atoms with van der Waals surface area (Å²) in [7, 11) is -3.49. The third-order valence-corrected chi connectivity index (χ3v) is 5.57. The van der Waals surface area contributed by atoms with Crippen molar-refractivity contribution in [2.24, 2.45) is 0 Å². The number of rotatable bonds is 8. The first-order chi connectivity index (χ1) is 10.9. The van der Waals surface area contributed by atoms with Gasteiger partial charge in [0.1, 0.15) is 17.6 Å². The highest BCUT2D eigenvalue weighted by atomic mass is 32.2. The summed E-state index contributed by atoms with van der Waals surface area (Å²) in [5, 5.41) is 0. The maximum absolute atomic E-state index is 12.3. The van der Waals surface area contributed by atoms with Crippen LogP contribution in [0.3, 0.4) is 0 Å². The Balaban J connectivity index is 2.21. The van der Waals surface area contributed by atoms with E-state index in [9.17, 15) is 8.42 Å². The molecule has 1 aromatic rings. The van der Waals surface area contributed by atoms with Gasteiger partial charge in [0.05, 0.1) is 6.61 Å². The van der Waals surface area contributed by atoms with Gasteiger partial charge in [0, 0.05) is 37.2 Å². The van der Waals surface area contributed by atoms with E-state index in [0.717, 1.165) is 23.3 Å². The van der Waals surface area contributed by atoms with Gasteiger partial charge in [0.15, 0.2) is 0 Å². The second kappa shape index (κ2) is 7.51. The van der Waals surface area contributed by atoms with E-state index in [4.69, 9.17) is 9.47 Å². The van der Waals surface area contributed by atoms with Crippen LogP contribution < -0.4 is 14.2 Å². The molecule has 0 aromatic heterocycles. The molecule has 6 nitrogen and oxygen atoms in total. The summed E-state index contributed by atoms with van der Waals surface area (Å²) < 4.78 is 40.0. The van der Waals surface area contributed by atoms with Gasteiger partial charge in [-0.2, -0.15) is 17.4 Å². The van der Waals surface area contributed by atoms with Gasteiger partial charge in [-0.05, 0) is 26.0 Å². The smallest absolute Gasteiger partial charge is 0.279 e. The maximum Gasteiger partial charge on any atom is 0.279 e. The minimum absolute atomic E-state index is 0.141. The molecule has 0 amide bonds. The number of benzene rings is 1. The number of hydrogen-bond donors (Lipinski definition) is 1. The first-order valence-electron chi connectivity index (χ1n) is 8.11. The van der Waals surface area contributed by atoms with Crippen molar-refractivity contribution in [2.45, 2.75) is 46.8 Å². The van der Waals surface area contributed by atoms with E-state index in [1.807, 2.05) is 39.8 Å². The fourth-order valence-electron chi connectivity index (χ4n) is 2.73. The third-order valence-electron chi connectivity index (χ3n) is 3.87. The van der Waals surface area contributed by atoms with Gasteiger partial charge < -0.3 is 9.47 Å². The molecule has 0 unspecified atom stereocenters. The van der Waals surface area contributed by atoms with Gasteiger partial charge in [0.2, 0.25) is 0 Å². The summed E-state index contributed by atoms with van der Waals surface area (Å²) >= 11 is 0. The van der Waals surface area contributed by atoms with Crippen molar-refractivity contribution in [3.63, 3.8) is 0 Å². The highest BCUT2D eigenvalue weighted by Gasteiger charge is 2.23. The Kier molecular flexibility index (Phi) is 5.89. The van der Waals surface area contributed by atoms with E-state index < -0.39 is 10.2 Å². The van der Waals surface area contributed by atoms with Gasteiger partial charge >= 0.3 is 0 Å². The molecule has 0 saturated heterocycles. The number of hydrogen-bond acceptors (Lipinski definition) is 4. The average molecular weight is 342 g/mol. The lowest BCUT2D eigenvalue weighted by Gasteiger charge is -2.19. The molecule has 0 bridgehead atoms. The minimum atomic E-state index is -3.49. The van der Waals surface area contributed by atoms with Crippen molar-refractivity contribution < 1.29 is 17.9 Å². The molecule has 23 heavy (non-hydrogen) atoms. The summed E-state index contributed by atoms with van der Waals surface area (Å²) in [4.78, 5) is 0. The van der Waals surface area contributed by atoms with Crippen molar-refractivity contribution in [2.75, 3.05) is 19.7 Å². The standard InChI is InChI=1S/C16H26N2O4S/c1-5-18(6-2)23(19,20)17-11-14-10-16-13(8-12(4)22-16)9-15(14)21-7-3/h9-10,12,17H,5-8,11H2,1-4H3/t12-/m1/s1. The molecule has 2 rings (SSSR count). The van der Waals surface area contributed by atoms with E-state index in [1.54, 1.807) is 0 Å². The second-order valence-electron chi connectivity index (χ2n) is 5.54. The lowest BCUT2D eigenvalue weighted by Crippen LogP contribution is -2.40. The van der Waals surface area contributed by atoms with E-state index >= 15 is 0 Å². The van der Waals surface area contributed by atoms with Crippen molar-refractivity contribution >= 4 is 10.2 Å². The van der Waals surface area contributed by atoms with Gasteiger partial charge in [-0.25, -0.2) is 0 Å². The van der Waals surface area contributed by atoms with Crippen LogP contribution in [0.1, 0.15) is 38.8 Å². The van der Waals surface area contributed by atoms with Crippen LogP contribution in [0.2, 0.25) is 0 Å². The molecule has 1 atom stereocenters. The topological polar surface area (TPSA) is 67.9 Å². The highest BCUT2D eigenvalue weighted by molar-refractivity contribution is 7.87. The summed E-state index contributed by atoms with van der Waals surface area (Å²) in [5.74, 6) is 1.53. The average Bonchev–Trinajstić information content (AvgIpc) is 2.85. The SMILES string of the molecule is CCOc1cc2c(cc1CNS(=O)(=O)N(CC)CC)O[C@H](C)C2. The molecular formula is C16H26N2O4S. The first-order valence-corrected chi connectivity index (χ1v) is 9.55. The summed E-state index contributed by atoms with van der Waals surface area (Å²) in [6.07, 6.45) is 0.989. The van der Waals surface area contributed by atoms with Gasteiger partial charge in [-0.15, -0.1) is 0 Å². The molecule has 130 valence electrons. The zero-order chi connectivity index (χ0) is 17.0. The molecule has 0 saturated carbocycles. The summed E-state index contributed by atoms with van der Waals surface area (Å²) in [5.41, 5.74) is 1.90. The first kappa shape index (κ1) is 18.0. The molecule has 1 aliphatic heterocycles. The Labute approximate surface area is 139 Å². The molecule has 1 aliphatic rings. The monoisotopic (exact) mass is 342 g/mol. The zero-order valence-electron chi connectivity index (χ0n) is 14.3. The van der Waals surface area contributed by atoms with Crippen molar-refractivity contribution in [3.05, 3.63) is 23.3 Å². The second-order valence-corrected chi connectivity index (χ2v) is 7.30. The Morgan fingerprint density at radius 3 is 2.61 bits per heavy atom. The lowest BCUT2D eigenvalue weighted by atomic mass is 10.1. The fraction of sp³-hybridized carbons (Fsp3) is 0.625. The van der Waals surface area contributed by atoms with Gasteiger partial charge in [-0.1, -0.05) is 13.8 Å². The molecule has 1 heterocycles. The van der Waals surface area contributed by atoms with E-state index in [1.165, 1.54) is 4.31 Å². The molecule has 0 spiro atoms. The largest absolute Gasteiger partial charge is 0.494 e. The van der Waals surface area contributed by atoms with Crippen molar-refractivity contribution in [3.8, 4) is 11.5 Å². The molecular weight excluding hydrogens is 316 g/mol. The van der Waals surface area contributed by atoms with Crippen molar-refractivity contribution in [1.29, 1.82) is 0 Å². The molecule has 0 radical (unpaired) electrons. The highest BCUT2D eigenvalue weighted by Crippen LogP contribution is 2.35. The quantitative estimate of drug-likeness (QED) is 0.785. The number of nitrogens with one attached hydrogen (secondary N) is 1. The van der Waals surface area contributed by atoms with Gasteiger partial charge in [0.25, 0.3) is 10.2 Å². The molecule has 1 aromatic carbocycles. The molecule has 0 fully saturated rings. The predicted molar refractivity (Wildman–Crippen MR) is 90.1 cm³/mol. The fourth-order valence-corrected chi connectivity index (χ4v) is 3.93. The van der Waals surface area contributed by atoms with Gasteiger partial charge in [-0.3, -0.25) is 0 Å². The molecule has 1 N–H and O–H groups in total. The third kappa shape index (κ3) is 4.16. The number of ether oxygens (including phenoxy) is 2. The Morgan fingerprint density at radius 2 is 2.00 bits per heavy atom. The normalized spacial score (nSPS) is 17.2. The summed E-state index contributed by atoms with van der Waals surface area (Å²) in [6.45, 7) is 9.16. The Bertz CT molecular complexity index is 642. The Morgan fingerprint density at radius 1 is 1.30 bits per heavy atom. The predicted octanol–water partition coefficient (Wildman–Crippen LogP) is 2.08. The summed E-state index contributed by atoms with van der Waals surface area (Å²) in [6, 6.07) is 3.85. The number of nitrogens with zero attached hydrogens (tertiary/aromatic N) is 1. The maximum atomic E-state index is 12.3. The Hall–Kier alpha value is -1.31. The van der Waals surface area contributed by atoms with Crippen LogP contribution in [0.25, 0.3) is 0 Å². The zero-order valence-corrected chi connectivity index (χ0v) is 15.1. The minimum Gasteiger partial charge on any atom is -0.494 e.